The Hall–Kier alpha value is -2.21. The van der Waals surface area contributed by atoms with Crippen molar-refractivity contribution in [1.29, 1.82) is 0 Å². The van der Waals surface area contributed by atoms with E-state index in [4.69, 9.17) is 4.74 Å². The van der Waals surface area contributed by atoms with Gasteiger partial charge in [0.1, 0.15) is 11.4 Å². The summed E-state index contributed by atoms with van der Waals surface area (Å²) in [4.78, 5) is 19.7. The third kappa shape index (κ3) is 6.16. The molecule has 0 aliphatic carbocycles. The first kappa shape index (κ1) is 28.8. The molecule has 1 N–H and O–H groups in total. The number of benzene rings is 1. The van der Waals surface area contributed by atoms with Gasteiger partial charge in [-0.25, -0.2) is 8.42 Å². The number of hydrogen-bond donors (Lipinski definition) is 1. The van der Waals surface area contributed by atoms with Gasteiger partial charge in [-0.1, -0.05) is 13.8 Å². The minimum atomic E-state index is -3.73. The summed E-state index contributed by atoms with van der Waals surface area (Å²) in [6.45, 7) is 9.41. The van der Waals surface area contributed by atoms with Crippen LogP contribution in [0.1, 0.15) is 51.1 Å². The molecule has 9 nitrogen and oxygen atoms in total. The highest BCUT2D eigenvalue weighted by molar-refractivity contribution is 7.89. The number of sulfonamides is 1. The highest BCUT2D eigenvalue weighted by atomic mass is 32.2. The third-order valence-corrected chi connectivity index (χ3v) is 9.35. The maximum Gasteiger partial charge on any atom is 0.268 e. The van der Waals surface area contributed by atoms with Crippen molar-refractivity contribution >= 4 is 15.9 Å². The largest absolute Gasteiger partial charge is 0.493 e. The van der Waals surface area contributed by atoms with Crippen LogP contribution in [0.5, 0.6) is 5.75 Å². The molecule has 0 aromatic heterocycles. The Morgan fingerprint density at radius 1 is 1.05 bits per heavy atom. The first-order valence-corrected chi connectivity index (χ1v) is 15.3. The number of alkyl halides is 1. The molecule has 1 saturated heterocycles. The summed E-state index contributed by atoms with van der Waals surface area (Å²) in [7, 11) is -1.81. The summed E-state index contributed by atoms with van der Waals surface area (Å²) >= 11 is 0. The Balaban J connectivity index is 1.61. The van der Waals surface area contributed by atoms with Crippen molar-refractivity contribution < 1.29 is 22.3 Å². The molecular formula is C27H42FN5O4S. The number of carbonyl (C=O) groups excluding carboxylic acids is 1. The SMILES string of the molecule is CCCOc1ccc(S(=O)(=O)N2CCN(CCCCF)CC2)cc1C1NC(=O)C2=C1CN(CCC)CN2C. The van der Waals surface area contributed by atoms with Crippen molar-refractivity contribution in [2.75, 3.05) is 72.8 Å². The molecule has 1 aromatic rings. The normalized spacial score (nSPS) is 21.6. The predicted octanol–water partition coefficient (Wildman–Crippen LogP) is 2.57. The molecule has 1 aromatic carbocycles. The van der Waals surface area contributed by atoms with Crippen LogP contribution in [0.3, 0.4) is 0 Å². The van der Waals surface area contributed by atoms with E-state index in [0.717, 1.165) is 37.9 Å². The van der Waals surface area contributed by atoms with E-state index in [0.29, 0.717) is 69.4 Å². The average molecular weight is 552 g/mol. The van der Waals surface area contributed by atoms with Gasteiger partial charge in [-0.05, 0) is 62.5 Å². The van der Waals surface area contributed by atoms with E-state index in [1.54, 1.807) is 18.2 Å². The van der Waals surface area contributed by atoms with Crippen LogP contribution < -0.4 is 10.1 Å². The molecule has 212 valence electrons. The van der Waals surface area contributed by atoms with Crippen molar-refractivity contribution in [1.82, 2.24) is 24.3 Å². The summed E-state index contributed by atoms with van der Waals surface area (Å²) in [5, 5.41) is 3.11. The molecule has 0 saturated carbocycles. The molecule has 4 rings (SSSR count). The fraction of sp³-hybridized carbons (Fsp3) is 0.667. The molecule has 0 bridgehead atoms. The number of nitrogens with zero attached hydrogens (tertiary/aromatic N) is 4. The molecule has 1 unspecified atom stereocenters. The Bertz CT molecular complexity index is 1120. The first-order chi connectivity index (χ1) is 18.3. The molecular weight excluding hydrogens is 509 g/mol. The van der Waals surface area contributed by atoms with Crippen LogP contribution in [0, 0.1) is 0 Å². The number of unbranched alkanes of at least 4 members (excludes halogenated alkanes) is 1. The number of nitrogens with one attached hydrogen (secondary N) is 1. The second kappa shape index (κ2) is 12.8. The van der Waals surface area contributed by atoms with E-state index in [-0.39, 0.29) is 17.5 Å². The Labute approximate surface area is 226 Å². The molecule has 38 heavy (non-hydrogen) atoms. The number of piperazine rings is 1. The van der Waals surface area contributed by atoms with Gasteiger partial charge in [0.2, 0.25) is 10.0 Å². The average Bonchev–Trinajstić information content (AvgIpc) is 3.24. The minimum absolute atomic E-state index is 0.137. The number of amides is 1. The van der Waals surface area contributed by atoms with E-state index >= 15 is 0 Å². The van der Waals surface area contributed by atoms with Crippen molar-refractivity contribution in [3.8, 4) is 5.75 Å². The van der Waals surface area contributed by atoms with E-state index in [2.05, 4.69) is 22.0 Å². The number of halogens is 1. The molecule has 0 spiro atoms. The lowest BCUT2D eigenvalue weighted by Crippen LogP contribution is -2.48. The van der Waals surface area contributed by atoms with Gasteiger partial charge in [-0.3, -0.25) is 14.1 Å². The molecule has 3 heterocycles. The van der Waals surface area contributed by atoms with Crippen LogP contribution in [0.2, 0.25) is 0 Å². The zero-order valence-electron chi connectivity index (χ0n) is 22.9. The number of rotatable bonds is 12. The Morgan fingerprint density at radius 2 is 1.82 bits per heavy atom. The van der Waals surface area contributed by atoms with Gasteiger partial charge in [0.05, 0.1) is 30.9 Å². The molecule has 1 amide bonds. The molecule has 0 radical (unpaired) electrons. The zero-order valence-corrected chi connectivity index (χ0v) is 23.7. The van der Waals surface area contributed by atoms with Crippen LogP contribution in [0.25, 0.3) is 0 Å². The zero-order chi connectivity index (χ0) is 27.3. The standard InChI is InChI=1S/C27H42FN5O4S/c1-4-11-32-19-23-25(29-27(34)26(23)30(3)20-32)22-18-21(8-9-24(22)37-17-5-2)38(35,36)33-15-13-31(14-16-33)12-7-6-10-28/h8-9,18,25H,4-7,10-17,19-20H2,1-3H3,(H,29,34). The molecule has 1 fully saturated rings. The van der Waals surface area contributed by atoms with Gasteiger partial charge >= 0.3 is 0 Å². The predicted molar refractivity (Wildman–Crippen MR) is 145 cm³/mol. The monoisotopic (exact) mass is 551 g/mol. The van der Waals surface area contributed by atoms with Crippen LogP contribution in [0.15, 0.2) is 34.4 Å². The lowest BCUT2D eigenvalue weighted by molar-refractivity contribution is -0.118. The fourth-order valence-electron chi connectivity index (χ4n) is 5.58. The van der Waals surface area contributed by atoms with E-state index in [9.17, 15) is 17.6 Å². The fourth-order valence-corrected chi connectivity index (χ4v) is 7.03. The van der Waals surface area contributed by atoms with Crippen LogP contribution in [-0.2, 0) is 14.8 Å². The van der Waals surface area contributed by atoms with E-state index < -0.39 is 16.1 Å². The Morgan fingerprint density at radius 3 is 2.50 bits per heavy atom. The summed E-state index contributed by atoms with van der Waals surface area (Å²) < 4.78 is 47.4. The maximum absolute atomic E-state index is 13.7. The second-order valence-electron chi connectivity index (χ2n) is 10.4. The molecule has 1 atom stereocenters. The highest BCUT2D eigenvalue weighted by Gasteiger charge is 2.40. The van der Waals surface area contributed by atoms with Gasteiger partial charge in [0.15, 0.2) is 0 Å². The summed E-state index contributed by atoms with van der Waals surface area (Å²) in [6.07, 6.45) is 3.13. The maximum atomic E-state index is 13.7. The summed E-state index contributed by atoms with van der Waals surface area (Å²) in [5.41, 5.74) is 2.30. The number of carbonyl (C=O) groups is 1. The van der Waals surface area contributed by atoms with Gasteiger partial charge in [0, 0.05) is 45.3 Å². The Kier molecular flexibility index (Phi) is 9.67. The van der Waals surface area contributed by atoms with Gasteiger partial charge in [-0.15, -0.1) is 0 Å². The van der Waals surface area contributed by atoms with Crippen molar-refractivity contribution in [3.05, 3.63) is 35.0 Å². The number of hydrogen-bond acceptors (Lipinski definition) is 7. The molecule has 11 heteroatoms. The van der Waals surface area contributed by atoms with Crippen LogP contribution in [-0.4, -0.2) is 106 Å². The van der Waals surface area contributed by atoms with Crippen molar-refractivity contribution in [2.24, 2.45) is 0 Å². The number of likely N-dealkylation sites (N-methyl/N-ethyl adjacent to an activating group) is 1. The van der Waals surface area contributed by atoms with Gasteiger partial charge in [0.25, 0.3) is 5.91 Å². The van der Waals surface area contributed by atoms with Gasteiger partial charge < -0.3 is 19.9 Å². The summed E-state index contributed by atoms with van der Waals surface area (Å²) in [6, 6.07) is 4.58. The van der Waals surface area contributed by atoms with Crippen LogP contribution in [0.4, 0.5) is 4.39 Å². The minimum Gasteiger partial charge on any atom is -0.493 e. The topological polar surface area (TPSA) is 85.4 Å². The van der Waals surface area contributed by atoms with Crippen LogP contribution >= 0.6 is 0 Å². The second-order valence-corrected chi connectivity index (χ2v) is 12.3. The van der Waals surface area contributed by atoms with E-state index in [1.807, 2.05) is 18.9 Å². The van der Waals surface area contributed by atoms with Crippen molar-refractivity contribution in [2.45, 2.75) is 50.5 Å². The third-order valence-electron chi connectivity index (χ3n) is 7.45. The van der Waals surface area contributed by atoms with Crippen molar-refractivity contribution in [3.63, 3.8) is 0 Å². The molecule has 3 aliphatic rings. The quantitative estimate of drug-likeness (QED) is 0.400. The lowest BCUT2D eigenvalue weighted by atomic mass is 9.97. The first-order valence-electron chi connectivity index (χ1n) is 13.8. The highest BCUT2D eigenvalue weighted by Crippen LogP contribution is 2.40. The number of ether oxygens (including phenoxy) is 1. The smallest absolute Gasteiger partial charge is 0.268 e. The van der Waals surface area contributed by atoms with Gasteiger partial charge in [-0.2, -0.15) is 4.31 Å². The summed E-state index contributed by atoms with van der Waals surface area (Å²) in [5.74, 6) is 0.458. The lowest BCUT2D eigenvalue weighted by Gasteiger charge is -2.35. The van der Waals surface area contributed by atoms with E-state index in [1.165, 1.54) is 4.31 Å². The molecule has 3 aliphatic heterocycles.